The molecule has 1 aliphatic heterocycles. The number of nitrogens with zero attached hydrogens (tertiary/aromatic N) is 1. The number of amides is 1. The van der Waals surface area contributed by atoms with E-state index in [2.05, 4.69) is 5.32 Å². The number of methoxy groups -OCH3 is 2. The van der Waals surface area contributed by atoms with Gasteiger partial charge in [-0.05, 0) is 43.7 Å². The van der Waals surface area contributed by atoms with Crippen molar-refractivity contribution in [3.05, 3.63) is 59.2 Å². The van der Waals surface area contributed by atoms with Crippen molar-refractivity contribution < 1.29 is 27.4 Å². The van der Waals surface area contributed by atoms with Gasteiger partial charge in [-0.1, -0.05) is 23.8 Å². The summed E-state index contributed by atoms with van der Waals surface area (Å²) < 4.78 is 43.6. The fourth-order valence-electron chi connectivity index (χ4n) is 3.63. The molecule has 0 aliphatic carbocycles. The quantitative estimate of drug-likeness (QED) is 0.592. The second-order valence-corrected chi connectivity index (χ2v) is 9.64. The summed E-state index contributed by atoms with van der Waals surface area (Å²) in [6.07, 6.45) is 2.96. The van der Waals surface area contributed by atoms with Crippen LogP contribution >= 0.6 is 0 Å². The van der Waals surface area contributed by atoms with Crippen molar-refractivity contribution in [2.24, 2.45) is 0 Å². The van der Waals surface area contributed by atoms with Crippen LogP contribution < -0.4 is 14.8 Å². The molecular formula is C24H30N2O6S. The Morgan fingerprint density at radius 3 is 2.42 bits per heavy atom. The van der Waals surface area contributed by atoms with Crippen LogP contribution in [0.1, 0.15) is 29.7 Å². The lowest BCUT2D eigenvalue weighted by Gasteiger charge is -2.26. The molecule has 33 heavy (non-hydrogen) atoms. The van der Waals surface area contributed by atoms with Crippen molar-refractivity contribution >= 4 is 22.0 Å². The van der Waals surface area contributed by atoms with Gasteiger partial charge in [-0.3, -0.25) is 4.79 Å². The van der Waals surface area contributed by atoms with E-state index in [0.717, 1.165) is 11.1 Å². The number of hydrogen-bond acceptors (Lipinski definition) is 6. The number of rotatable bonds is 8. The average molecular weight is 475 g/mol. The minimum atomic E-state index is -3.75. The zero-order valence-corrected chi connectivity index (χ0v) is 20.1. The fourth-order valence-corrected chi connectivity index (χ4v) is 5.23. The van der Waals surface area contributed by atoms with E-state index in [4.69, 9.17) is 14.2 Å². The molecular weight excluding hydrogens is 444 g/mol. The first-order chi connectivity index (χ1) is 15.8. The van der Waals surface area contributed by atoms with Gasteiger partial charge in [0.05, 0.1) is 33.5 Å². The number of aryl methyl sites for hydroxylation is 1. The molecule has 1 N–H and O–H groups in total. The SMILES string of the molecule is COc1ccc(C)cc1C(C)NC(=O)/C=C/c1ccc(OC)c(S(=O)(=O)N2CCOCC2)c1. The highest BCUT2D eigenvalue weighted by Crippen LogP contribution is 2.29. The zero-order chi connectivity index (χ0) is 24.0. The minimum Gasteiger partial charge on any atom is -0.496 e. The maximum Gasteiger partial charge on any atom is 0.246 e. The topological polar surface area (TPSA) is 94.2 Å². The van der Waals surface area contributed by atoms with E-state index in [1.165, 1.54) is 23.6 Å². The summed E-state index contributed by atoms with van der Waals surface area (Å²) in [6.45, 7) is 5.13. The van der Waals surface area contributed by atoms with Gasteiger partial charge in [0.15, 0.2) is 0 Å². The van der Waals surface area contributed by atoms with Gasteiger partial charge in [0, 0.05) is 24.7 Å². The summed E-state index contributed by atoms with van der Waals surface area (Å²) in [7, 11) is -0.732. The first kappa shape index (κ1) is 24.8. The molecule has 0 bridgehead atoms. The Hall–Kier alpha value is -2.88. The minimum absolute atomic E-state index is 0.0623. The Morgan fingerprint density at radius 1 is 1.09 bits per heavy atom. The standard InChI is InChI=1S/C24H30N2O6S/c1-17-5-8-21(30-3)20(15-17)18(2)25-24(27)10-7-19-6-9-22(31-4)23(16-19)33(28,29)26-11-13-32-14-12-26/h5-10,15-16,18H,11-14H2,1-4H3,(H,25,27)/b10-7+. The van der Waals surface area contributed by atoms with E-state index < -0.39 is 10.0 Å². The van der Waals surface area contributed by atoms with Crippen LogP contribution in [0.25, 0.3) is 6.08 Å². The highest BCUT2D eigenvalue weighted by molar-refractivity contribution is 7.89. The number of nitrogens with one attached hydrogen (secondary N) is 1. The highest BCUT2D eigenvalue weighted by atomic mass is 32.2. The van der Waals surface area contributed by atoms with Crippen LogP contribution in [0, 0.1) is 6.92 Å². The van der Waals surface area contributed by atoms with E-state index in [0.29, 0.717) is 24.5 Å². The second-order valence-electron chi connectivity index (χ2n) is 7.74. The predicted molar refractivity (Wildman–Crippen MR) is 126 cm³/mol. The zero-order valence-electron chi connectivity index (χ0n) is 19.3. The van der Waals surface area contributed by atoms with Crippen molar-refractivity contribution in [2.75, 3.05) is 40.5 Å². The van der Waals surface area contributed by atoms with Crippen LogP contribution in [0.4, 0.5) is 0 Å². The van der Waals surface area contributed by atoms with Gasteiger partial charge in [0.2, 0.25) is 15.9 Å². The van der Waals surface area contributed by atoms with E-state index in [-0.39, 0.29) is 35.7 Å². The first-order valence-electron chi connectivity index (χ1n) is 10.7. The predicted octanol–water partition coefficient (Wildman–Crippen LogP) is 2.92. The maximum absolute atomic E-state index is 13.1. The summed E-state index contributed by atoms with van der Waals surface area (Å²) in [4.78, 5) is 12.6. The molecule has 3 rings (SSSR count). The van der Waals surface area contributed by atoms with E-state index in [9.17, 15) is 13.2 Å². The molecule has 2 aromatic carbocycles. The Bertz CT molecular complexity index is 1120. The normalized spacial score (nSPS) is 15.9. The van der Waals surface area contributed by atoms with Gasteiger partial charge < -0.3 is 19.5 Å². The van der Waals surface area contributed by atoms with Gasteiger partial charge >= 0.3 is 0 Å². The molecule has 8 nitrogen and oxygen atoms in total. The molecule has 1 fully saturated rings. The van der Waals surface area contributed by atoms with Gasteiger partial charge in [-0.15, -0.1) is 0 Å². The number of hydrogen-bond donors (Lipinski definition) is 1. The van der Waals surface area contributed by atoms with Gasteiger partial charge in [0.25, 0.3) is 0 Å². The number of carbonyl (C=O) groups excluding carboxylic acids is 1. The average Bonchev–Trinajstić information content (AvgIpc) is 2.83. The molecule has 178 valence electrons. The van der Waals surface area contributed by atoms with Gasteiger partial charge in [-0.25, -0.2) is 8.42 Å². The third kappa shape index (κ3) is 5.93. The van der Waals surface area contributed by atoms with Crippen LogP contribution in [0.3, 0.4) is 0 Å². The van der Waals surface area contributed by atoms with Gasteiger partial charge in [-0.2, -0.15) is 4.31 Å². The number of ether oxygens (including phenoxy) is 3. The number of benzene rings is 2. The molecule has 1 saturated heterocycles. The lowest BCUT2D eigenvalue weighted by atomic mass is 10.0. The van der Waals surface area contributed by atoms with Crippen molar-refractivity contribution in [1.29, 1.82) is 0 Å². The lowest BCUT2D eigenvalue weighted by molar-refractivity contribution is -0.117. The van der Waals surface area contributed by atoms with Crippen LogP contribution in [-0.4, -0.2) is 59.2 Å². The molecule has 0 radical (unpaired) electrons. The Morgan fingerprint density at radius 2 is 1.76 bits per heavy atom. The monoisotopic (exact) mass is 474 g/mol. The van der Waals surface area contributed by atoms with E-state index >= 15 is 0 Å². The van der Waals surface area contributed by atoms with Crippen molar-refractivity contribution in [1.82, 2.24) is 9.62 Å². The summed E-state index contributed by atoms with van der Waals surface area (Å²) in [5, 5.41) is 2.92. The molecule has 0 aromatic heterocycles. The van der Waals surface area contributed by atoms with Crippen molar-refractivity contribution in [2.45, 2.75) is 24.8 Å². The molecule has 1 unspecified atom stereocenters. The third-order valence-corrected chi connectivity index (χ3v) is 7.33. The van der Waals surface area contributed by atoms with Gasteiger partial charge in [0.1, 0.15) is 16.4 Å². The first-order valence-corrected chi connectivity index (χ1v) is 12.1. The smallest absolute Gasteiger partial charge is 0.246 e. The molecule has 9 heteroatoms. The third-order valence-electron chi connectivity index (χ3n) is 5.41. The molecule has 1 aliphatic rings. The number of sulfonamides is 1. The summed E-state index contributed by atoms with van der Waals surface area (Å²) >= 11 is 0. The van der Waals surface area contributed by atoms with E-state index in [1.54, 1.807) is 25.3 Å². The number of carbonyl (C=O) groups is 1. The Labute approximate surface area is 195 Å². The molecule has 2 aromatic rings. The lowest BCUT2D eigenvalue weighted by Crippen LogP contribution is -2.40. The van der Waals surface area contributed by atoms with Crippen LogP contribution in [0.5, 0.6) is 11.5 Å². The summed E-state index contributed by atoms with van der Waals surface area (Å²) in [6, 6.07) is 10.3. The number of morpholine rings is 1. The second kappa shape index (κ2) is 10.8. The van der Waals surface area contributed by atoms with Crippen LogP contribution in [0.15, 0.2) is 47.4 Å². The summed E-state index contributed by atoms with van der Waals surface area (Å²) in [5.74, 6) is 0.646. The maximum atomic E-state index is 13.1. The molecule has 0 saturated carbocycles. The highest BCUT2D eigenvalue weighted by Gasteiger charge is 2.29. The summed E-state index contributed by atoms with van der Waals surface area (Å²) in [5.41, 5.74) is 2.51. The van der Waals surface area contributed by atoms with Crippen molar-refractivity contribution in [3.63, 3.8) is 0 Å². The largest absolute Gasteiger partial charge is 0.496 e. The van der Waals surface area contributed by atoms with Crippen LogP contribution in [-0.2, 0) is 19.6 Å². The fraction of sp³-hybridized carbons (Fsp3) is 0.375. The van der Waals surface area contributed by atoms with E-state index in [1.807, 2.05) is 32.0 Å². The Kier molecular flexibility index (Phi) is 8.12. The molecule has 1 atom stereocenters. The Balaban J connectivity index is 1.78. The molecule has 1 heterocycles. The molecule has 0 spiro atoms. The van der Waals surface area contributed by atoms with Crippen LogP contribution in [0.2, 0.25) is 0 Å². The molecule has 1 amide bonds. The van der Waals surface area contributed by atoms with Crippen molar-refractivity contribution in [3.8, 4) is 11.5 Å².